The largest absolute Gasteiger partial charge is 0.497 e. The molecule has 7 heteroatoms. The summed E-state index contributed by atoms with van der Waals surface area (Å²) in [5, 5.41) is 0. The van der Waals surface area contributed by atoms with Gasteiger partial charge in [0, 0.05) is 36.2 Å². The molecule has 2 atom stereocenters. The van der Waals surface area contributed by atoms with Crippen molar-refractivity contribution in [1.82, 2.24) is 4.90 Å². The molecule has 0 saturated heterocycles. The third-order valence-corrected chi connectivity index (χ3v) is 6.12. The van der Waals surface area contributed by atoms with E-state index in [2.05, 4.69) is 0 Å². The lowest BCUT2D eigenvalue weighted by molar-refractivity contribution is -0.126. The molecule has 2 aliphatic heterocycles. The zero-order valence-electron chi connectivity index (χ0n) is 18.0. The maximum absolute atomic E-state index is 13.3. The van der Waals surface area contributed by atoms with Gasteiger partial charge >= 0.3 is 0 Å². The highest BCUT2D eigenvalue weighted by Crippen LogP contribution is 2.44. The van der Waals surface area contributed by atoms with E-state index in [0.29, 0.717) is 30.8 Å². The summed E-state index contributed by atoms with van der Waals surface area (Å²) in [5.41, 5.74) is 8.78. The van der Waals surface area contributed by atoms with Crippen LogP contribution in [0.5, 0.6) is 5.75 Å². The standard InChI is InChI=1S/C24H27N3O4/c1-14(2)23(29)27-19-6-4-5-18-21(19)16(11-20(27)22(25)28)13-26(24(18)30)12-15-7-9-17(31-3)10-8-15/h4-10,14,16,20H,11-13H2,1-3H3,(H2,25,28)/t16-,20-/m0/s1. The molecular formula is C24H27N3O4. The van der Waals surface area contributed by atoms with Gasteiger partial charge in [-0.25, -0.2) is 0 Å². The number of hydrogen-bond acceptors (Lipinski definition) is 4. The van der Waals surface area contributed by atoms with Gasteiger partial charge < -0.3 is 15.4 Å². The van der Waals surface area contributed by atoms with Crippen LogP contribution in [-0.2, 0) is 16.1 Å². The van der Waals surface area contributed by atoms with Crippen molar-refractivity contribution in [3.8, 4) is 5.75 Å². The number of rotatable bonds is 5. The number of nitrogens with zero attached hydrogens (tertiary/aromatic N) is 2. The van der Waals surface area contributed by atoms with Crippen molar-refractivity contribution in [3.05, 3.63) is 59.2 Å². The van der Waals surface area contributed by atoms with Gasteiger partial charge in [0.1, 0.15) is 11.8 Å². The molecule has 0 spiro atoms. The Morgan fingerprint density at radius 2 is 1.87 bits per heavy atom. The van der Waals surface area contributed by atoms with E-state index < -0.39 is 11.9 Å². The number of nitrogens with two attached hydrogens (primary N) is 1. The minimum Gasteiger partial charge on any atom is -0.497 e. The Bertz CT molecular complexity index is 1030. The fourth-order valence-corrected chi connectivity index (χ4v) is 4.61. The van der Waals surface area contributed by atoms with Crippen LogP contribution in [0.3, 0.4) is 0 Å². The molecule has 0 fully saturated rings. The van der Waals surface area contributed by atoms with Gasteiger partial charge in [0.25, 0.3) is 5.91 Å². The molecule has 7 nitrogen and oxygen atoms in total. The first-order valence-electron chi connectivity index (χ1n) is 10.5. The molecule has 2 N–H and O–H groups in total. The van der Waals surface area contributed by atoms with E-state index in [9.17, 15) is 14.4 Å². The van der Waals surface area contributed by atoms with E-state index in [1.54, 1.807) is 38.0 Å². The number of primary amides is 1. The predicted octanol–water partition coefficient (Wildman–Crippen LogP) is 2.68. The predicted molar refractivity (Wildman–Crippen MR) is 117 cm³/mol. The van der Waals surface area contributed by atoms with E-state index in [4.69, 9.17) is 10.5 Å². The van der Waals surface area contributed by atoms with Crippen molar-refractivity contribution in [2.75, 3.05) is 18.6 Å². The lowest BCUT2D eigenvalue weighted by Crippen LogP contribution is -2.55. The van der Waals surface area contributed by atoms with Crippen LogP contribution in [0.25, 0.3) is 0 Å². The summed E-state index contributed by atoms with van der Waals surface area (Å²) in [7, 11) is 1.61. The van der Waals surface area contributed by atoms with Crippen LogP contribution in [0.15, 0.2) is 42.5 Å². The van der Waals surface area contributed by atoms with E-state index >= 15 is 0 Å². The average molecular weight is 421 g/mol. The molecule has 2 aromatic carbocycles. The zero-order valence-corrected chi connectivity index (χ0v) is 18.0. The van der Waals surface area contributed by atoms with Crippen LogP contribution in [0.1, 0.15) is 47.7 Å². The number of ether oxygens (including phenoxy) is 1. The van der Waals surface area contributed by atoms with Gasteiger partial charge in [-0.05, 0) is 41.8 Å². The van der Waals surface area contributed by atoms with Crippen molar-refractivity contribution in [2.45, 2.75) is 38.8 Å². The van der Waals surface area contributed by atoms with Gasteiger partial charge in [-0.2, -0.15) is 0 Å². The highest BCUT2D eigenvalue weighted by Gasteiger charge is 2.44. The van der Waals surface area contributed by atoms with Crippen molar-refractivity contribution in [2.24, 2.45) is 11.7 Å². The number of carbonyl (C=O) groups excluding carboxylic acids is 3. The summed E-state index contributed by atoms with van der Waals surface area (Å²) in [6.07, 6.45) is 0.407. The van der Waals surface area contributed by atoms with Crippen LogP contribution in [0, 0.1) is 5.92 Å². The molecule has 0 aromatic heterocycles. The monoisotopic (exact) mass is 421 g/mol. The minimum absolute atomic E-state index is 0.0594. The lowest BCUT2D eigenvalue weighted by atomic mass is 9.79. The highest BCUT2D eigenvalue weighted by molar-refractivity contribution is 6.06. The van der Waals surface area contributed by atoms with Crippen molar-refractivity contribution in [1.29, 1.82) is 0 Å². The van der Waals surface area contributed by atoms with Gasteiger partial charge in [0.2, 0.25) is 11.8 Å². The maximum atomic E-state index is 13.3. The Labute approximate surface area is 181 Å². The van der Waals surface area contributed by atoms with Gasteiger partial charge in [0.05, 0.1) is 7.11 Å². The average Bonchev–Trinajstić information content (AvgIpc) is 2.76. The lowest BCUT2D eigenvalue weighted by Gasteiger charge is -2.45. The van der Waals surface area contributed by atoms with Gasteiger partial charge in [-0.3, -0.25) is 19.3 Å². The fourth-order valence-electron chi connectivity index (χ4n) is 4.61. The quantitative estimate of drug-likeness (QED) is 0.803. The molecule has 3 amide bonds. The number of anilines is 1. The molecule has 0 unspecified atom stereocenters. The van der Waals surface area contributed by atoms with E-state index in [1.807, 2.05) is 30.3 Å². The summed E-state index contributed by atoms with van der Waals surface area (Å²) in [6.45, 7) is 4.52. The first kappa shape index (κ1) is 20.9. The third-order valence-electron chi connectivity index (χ3n) is 6.12. The minimum atomic E-state index is -0.723. The molecule has 2 aromatic rings. The highest BCUT2D eigenvalue weighted by atomic mass is 16.5. The first-order valence-corrected chi connectivity index (χ1v) is 10.5. The summed E-state index contributed by atoms with van der Waals surface area (Å²) in [5.74, 6) is -0.350. The number of carbonyl (C=O) groups is 3. The molecule has 0 aliphatic carbocycles. The number of hydrogen-bond donors (Lipinski definition) is 1. The Hall–Kier alpha value is -3.35. The second-order valence-corrected chi connectivity index (χ2v) is 8.49. The fraction of sp³-hybridized carbons (Fsp3) is 0.375. The van der Waals surface area contributed by atoms with Crippen LogP contribution < -0.4 is 15.4 Å². The molecule has 162 valence electrons. The van der Waals surface area contributed by atoms with Gasteiger partial charge in [-0.15, -0.1) is 0 Å². The van der Waals surface area contributed by atoms with Gasteiger partial charge in [0.15, 0.2) is 0 Å². The smallest absolute Gasteiger partial charge is 0.254 e. The molecule has 0 bridgehead atoms. The van der Waals surface area contributed by atoms with Crippen LogP contribution in [-0.4, -0.2) is 42.3 Å². The second kappa shape index (κ2) is 8.06. The van der Waals surface area contributed by atoms with Crippen molar-refractivity contribution >= 4 is 23.4 Å². The van der Waals surface area contributed by atoms with E-state index in [0.717, 1.165) is 16.9 Å². The molecule has 2 heterocycles. The van der Waals surface area contributed by atoms with Crippen LogP contribution in [0.2, 0.25) is 0 Å². The van der Waals surface area contributed by atoms with E-state index in [-0.39, 0.29) is 23.7 Å². The second-order valence-electron chi connectivity index (χ2n) is 8.49. The maximum Gasteiger partial charge on any atom is 0.254 e. The molecule has 0 radical (unpaired) electrons. The Balaban J connectivity index is 1.72. The summed E-state index contributed by atoms with van der Waals surface area (Å²) in [6, 6.07) is 12.3. The SMILES string of the molecule is COc1ccc(CN2C[C@@H]3C[C@@H](C(N)=O)N(C(=O)C(C)C)c4cccc(c43)C2=O)cc1. The molecule has 4 rings (SSSR count). The Morgan fingerprint density at radius 3 is 2.48 bits per heavy atom. The third kappa shape index (κ3) is 3.65. The molecule has 2 aliphatic rings. The summed E-state index contributed by atoms with van der Waals surface area (Å²) >= 11 is 0. The summed E-state index contributed by atoms with van der Waals surface area (Å²) < 4.78 is 5.21. The van der Waals surface area contributed by atoms with Crippen molar-refractivity contribution < 1.29 is 19.1 Å². The molecular weight excluding hydrogens is 394 g/mol. The number of amides is 3. The summed E-state index contributed by atoms with van der Waals surface area (Å²) in [4.78, 5) is 41.9. The van der Waals surface area contributed by atoms with Gasteiger partial charge in [-0.1, -0.05) is 32.0 Å². The van der Waals surface area contributed by atoms with E-state index in [1.165, 1.54) is 4.90 Å². The molecule has 0 saturated carbocycles. The first-order chi connectivity index (χ1) is 14.8. The normalized spacial score (nSPS) is 19.9. The Kier molecular flexibility index (Phi) is 5.43. The topological polar surface area (TPSA) is 92.9 Å². The molecule has 31 heavy (non-hydrogen) atoms. The number of methoxy groups -OCH3 is 1. The zero-order chi connectivity index (χ0) is 22.3. The van der Waals surface area contributed by atoms with Crippen LogP contribution >= 0.6 is 0 Å². The van der Waals surface area contributed by atoms with Crippen molar-refractivity contribution in [3.63, 3.8) is 0 Å². The van der Waals surface area contributed by atoms with Crippen LogP contribution in [0.4, 0.5) is 5.69 Å². The number of benzene rings is 2. The Morgan fingerprint density at radius 1 is 1.16 bits per heavy atom.